The standard InChI is InChI=1S/C13H17ClN4O2/c1-13(2,3)20-12(19)17-5-4-16-11-7-9(8-15)6-10(14)18-11/h6-7H,4-5H2,1-3H3,(H,16,18)(H,17,19). The van der Waals surface area contributed by atoms with E-state index in [4.69, 9.17) is 21.6 Å². The van der Waals surface area contributed by atoms with Crippen molar-refractivity contribution in [3.05, 3.63) is 22.8 Å². The molecule has 0 aliphatic carbocycles. The van der Waals surface area contributed by atoms with Gasteiger partial charge < -0.3 is 15.4 Å². The smallest absolute Gasteiger partial charge is 0.407 e. The molecule has 0 radical (unpaired) electrons. The first-order valence-electron chi connectivity index (χ1n) is 6.08. The maximum Gasteiger partial charge on any atom is 0.407 e. The van der Waals surface area contributed by atoms with Crippen molar-refractivity contribution in [1.82, 2.24) is 10.3 Å². The van der Waals surface area contributed by atoms with Crippen LogP contribution in [0, 0.1) is 11.3 Å². The van der Waals surface area contributed by atoms with Crippen molar-refractivity contribution in [2.45, 2.75) is 26.4 Å². The number of pyridine rings is 1. The number of carbonyl (C=O) groups is 1. The molecular formula is C13H17ClN4O2. The molecule has 0 saturated carbocycles. The van der Waals surface area contributed by atoms with Gasteiger partial charge in [0.25, 0.3) is 0 Å². The monoisotopic (exact) mass is 296 g/mol. The summed E-state index contributed by atoms with van der Waals surface area (Å²) in [7, 11) is 0. The summed E-state index contributed by atoms with van der Waals surface area (Å²) in [5.74, 6) is 0.486. The Labute approximate surface area is 123 Å². The molecule has 0 fully saturated rings. The number of carbonyl (C=O) groups excluding carboxylic acids is 1. The number of hydrogen-bond donors (Lipinski definition) is 2. The molecule has 0 atom stereocenters. The number of nitriles is 1. The van der Waals surface area contributed by atoms with Crippen molar-refractivity contribution in [1.29, 1.82) is 5.26 Å². The Morgan fingerprint density at radius 3 is 2.75 bits per heavy atom. The highest BCUT2D eigenvalue weighted by molar-refractivity contribution is 6.29. The van der Waals surface area contributed by atoms with Crippen molar-refractivity contribution in [2.75, 3.05) is 18.4 Å². The summed E-state index contributed by atoms with van der Waals surface area (Å²) in [6.45, 7) is 6.20. The first-order valence-corrected chi connectivity index (χ1v) is 6.46. The van der Waals surface area contributed by atoms with Gasteiger partial charge in [-0.05, 0) is 32.9 Å². The second-order valence-corrected chi connectivity index (χ2v) is 5.42. The van der Waals surface area contributed by atoms with E-state index in [-0.39, 0.29) is 5.15 Å². The average Bonchev–Trinajstić information content (AvgIpc) is 2.32. The predicted octanol–water partition coefficient (Wildman–Crippen LogP) is 2.54. The van der Waals surface area contributed by atoms with Crippen molar-refractivity contribution < 1.29 is 9.53 Å². The third-order valence-electron chi connectivity index (χ3n) is 2.02. The summed E-state index contributed by atoms with van der Waals surface area (Å²) in [5, 5.41) is 14.6. The van der Waals surface area contributed by atoms with Gasteiger partial charge in [-0.3, -0.25) is 0 Å². The number of halogens is 1. The topological polar surface area (TPSA) is 87.0 Å². The lowest BCUT2D eigenvalue weighted by Gasteiger charge is -2.19. The van der Waals surface area contributed by atoms with Crippen LogP contribution in [0.25, 0.3) is 0 Å². The molecule has 0 saturated heterocycles. The lowest BCUT2D eigenvalue weighted by molar-refractivity contribution is 0.0530. The van der Waals surface area contributed by atoms with Gasteiger partial charge in [-0.25, -0.2) is 9.78 Å². The van der Waals surface area contributed by atoms with E-state index < -0.39 is 11.7 Å². The summed E-state index contributed by atoms with van der Waals surface area (Å²) >= 11 is 5.77. The molecule has 20 heavy (non-hydrogen) atoms. The minimum absolute atomic E-state index is 0.242. The predicted molar refractivity (Wildman–Crippen MR) is 76.7 cm³/mol. The van der Waals surface area contributed by atoms with E-state index in [9.17, 15) is 4.79 Å². The summed E-state index contributed by atoms with van der Waals surface area (Å²) in [6.07, 6.45) is -0.476. The highest BCUT2D eigenvalue weighted by atomic mass is 35.5. The van der Waals surface area contributed by atoms with Crippen LogP contribution in [0.1, 0.15) is 26.3 Å². The molecule has 0 aliphatic heterocycles. The molecule has 0 spiro atoms. The fourth-order valence-electron chi connectivity index (χ4n) is 1.32. The number of alkyl carbamates (subject to hydrolysis) is 1. The average molecular weight is 297 g/mol. The Morgan fingerprint density at radius 1 is 1.45 bits per heavy atom. The Balaban J connectivity index is 2.37. The third kappa shape index (κ3) is 6.25. The minimum atomic E-state index is -0.520. The zero-order valence-corrected chi connectivity index (χ0v) is 12.4. The van der Waals surface area contributed by atoms with Crippen LogP contribution in [0.2, 0.25) is 5.15 Å². The van der Waals surface area contributed by atoms with Crippen LogP contribution >= 0.6 is 11.6 Å². The maximum atomic E-state index is 11.4. The van der Waals surface area contributed by atoms with E-state index >= 15 is 0 Å². The molecule has 2 N–H and O–H groups in total. The van der Waals surface area contributed by atoms with E-state index in [0.29, 0.717) is 24.5 Å². The van der Waals surface area contributed by atoms with Crippen LogP contribution in [-0.4, -0.2) is 29.8 Å². The summed E-state index contributed by atoms with van der Waals surface area (Å²) in [6, 6.07) is 5.05. The molecule has 6 nitrogen and oxygen atoms in total. The van der Waals surface area contributed by atoms with Crippen LogP contribution in [0.4, 0.5) is 10.6 Å². The fourth-order valence-corrected chi connectivity index (χ4v) is 1.53. The number of hydrogen-bond acceptors (Lipinski definition) is 5. The van der Waals surface area contributed by atoms with E-state index in [1.165, 1.54) is 6.07 Å². The van der Waals surface area contributed by atoms with Crippen LogP contribution in [0.5, 0.6) is 0 Å². The van der Waals surface area contributed by atoms with Gasteiger partial charge >= 0.3 is 6.09 Å². The zero-order valence-electron chi connectivity index (χ0n) is 11.7. The molecule has 0 aromatic carbocycles. The number of rotatable bonds is 4. The lowest BCUT2D eigenvalue weighted by Crippen LogP contribution is -2.35. The van der Waals surface area contributed by atoms with Gasteiger partial charge in [-0.1, -0.05) is 11.6 Å². The van der Waals surface area contributed by atoms with Crippen molar-refractivity contribution >= 4 is 23.5 Å². The molecule has 1 aromatic rings. The normalized spacial score (nSPS) is 10.6. The van der Waals surface area contributed by atoms with E-state index in [2.05, 4.69) is 15.6 Å². The molecule has 0 bridgehead atoms. The summed E-state index contributed by atoms with van der Waals surface area (Å²) in [4.78, 5) is 15.4. The Morgan fingerprint density at radius 2 is 2.15 bits per heavy atom. The summed E-state index contributed by atoms with van der Waals surface area (Å²) < 4.78 is 5.09. The van der Waals surface area contributed by atoms with Gasteiger partial charge in [0.05, 0.1) is 11.6 Å². The van der Waals surface area contributed by atoms with Crippen molar-refractivity contribution in [3.63, 3.8) is 0 Å². The number of nitrogens with one attached hydrogen (secondary N) is 2. The number of nitrogens with zero attached hydrogens (tertiary/aromatic N) is 2. The number of anilines is 1. The highest BCUT2D eigenvalue weighted by Crippen LogP contribution is 2.13. The van der Waals surface area contributed by atoms with Gasteiger partial charge in [-0.2, -0.15) is 5.26 Å². The number of amides is 1. The molecule has 1 heterocycles. The maximum absolute atomic E-state index is 11.4. The molecule has 1 aromatic heterocycles. The first kappa shape index (κ1) is 16.1. The highest BCUT2D eigenvalue weighted by Gasteiger charge is 2.15. The molecule has 0 aliphatic rings. The fraction of sp³-hybridized carbons (Fsp3) is 0.462. The van der Waals surface area contributed by atoms with Crippen molar-refractivity contribution in [2.24, 2.45) is 0 Å². The van der Waals surface area contributed by atoms with Gasteiger partial charge in [0.1, 0.15) is 16.6 Å². The largest absolute Gasteiger partial charge is 0.444 e. The lowest BCUT2D eigenvalue weighted by atomic mass is 10.2. The molecule has 108 valence electrons. The van der Waals surface area contributed by atoms with Crippen LogP contribution in [0.15, 0.2) is 12.1 Å². The van der Waals surface area contributed by atoms with E-state index in [1.807, 2.05) is 6.07 Å². The van der Waals surface area contributed by atoms with E-state index in [0.717, 1.165) is 0 Å². The van der Waals surface area contributed by atoms with Crippen molar-refractivity contribution in [3.8, 4) is 6.07 Å². The Bertz CT molecular complexity index is 520. The third-order valence-corrected chi connectivity index (χ3v) is 2.22. The molecular weight excluding hydrogens is 280 g/mol. The number of ether oxygens (including phenoxy) is 1. The van der Waals surface area contributed by atoms with Gasteiger partial charge in [0.2, 0.25) is 0 Å². The van der Waals surface area contributed by atoms with Crippen LogP contribution in [0.3, 0.4) is 0 Å². The molecule has 7 heteroatoms. The van der Waals surface area contributed by atoms with Gasteiger partial charge in [0, 0.05) is 13.1 Å². The summed E-state index contributed by atoms with van der Waals surface area (Å²) in [5.41, 5.74) is -0.0964. The van der Waals surface area contributed by atoms with Gasteiger partial charge in [-0.15, -0.1) is 0 Å². The van der Waals surface area contributed by atoms with Crippen LogP contribution < -0.4 is 10.6 Å². The Hall–Kier alpha value is -2.00. The van der Waals surface area contributed by atoms with Gasteiger partial charge in [0.15, 0.2) is 0 Å². The zero-order chi connectivity index (χ0) is 15.2. The Kier molecular flexibility index (Phi) is 5.59. The molecule has 1 amide bonds. The number of aromatic nitrogens is 1. The minimum Gasteiger partial charge on any atom is -0.444 e. The molecule has 1 rings (SSSR count). The molecule has 0 unspecified atom stereocenters. The quantitative estimate of drug-likeness (QED) is 0.658. The second kappa shape index (κ2) is 6.96. The SMILES string of the molecule is CC(C)(C)OC(=O)NCCNc1cc(C#N)cc(Cl)n1. The first-order chi connectivity index (χ1) is 9.30. The van der Waals surface area contributed by atoms with E-state index in [1.54, 1.807) is 26.8 Å². The van der Waals surface area contributed by atoms with Crippen LogP contribution in [-0.2, 0) is 4.74 Å². The second-order valence-electron chi connectivity index (χ2n) is 5.03.